The predicted molar refractivity (Wildman–Crippen MR) is 272 cm³/mol. The number of hydrogen-bond donors (Lipinski definition) is 0. The normalized spacial score (nSPS) is 31.6. The first-order valence-corrected chi connectivity index (χ1v) is 27.0. The molecule has 0 aliphatic carbocycles. The Morgan fingerprint density at radius 2 is 0.875 bits per heavy atom. The van der Waals surface area contributed by atoms with Gasteiger partial charge >= 0.3 is 0 Å². The third-order valence-corrected chi connectivity index (χ3v) is 15.2. The lowest BCUT2D eigenvalue weighted by molar-refractivity contribution is -0.498. The fourth-order valence-corrected chi connectivity index (χ4v) is 11.5. The van der Waals surface area contributed by atoms with Crippen molar-refractivity contribution in [3.8, 4) is 0 Å². The Morgan fingerprint density at radius 3 is 1.35 bits per heavy atom. The summed E-state index contributed by atoms with van der Waals surface area (Å²) in [6, 6.07) is 50.7. The minimum atomic E-state index is -1.10. The third kappa shape index (κ3) is 12.5. The van der Waals surface area contributed by atoms with Crippen LogP contribution in [-0.2, 0) is 89.9 Å². The molecule has 0 bridgehead atoms. The molecule has 384 valence electrons. The topological polar surface area (TPSA) is 111 Å². The maximum atomic E-state index is 7.43. The van der Waals surface area contributed by atoms with Crippen molar-refractivity contribution in [1.29, 1.82) is 0 Å². The van der Waals surface area contributed by atoms with Crippen LogP contribution in [0.5, 0.6) is 0 Å². The van der Waals surface area contributed by atoms with Crippen molar-refractivity contribution in [3.05, 3.63) is 179 Å². The molecule has 5 fully saturated rings. The molecule has 2 spiro atoms. The first-order chi connectivity index (χ1) is 35.6. The van der Waals surface area contributed by atoms with Crippen LogP contribution in [0.15, 0.2) is 152 Å². The highest BCUT2D eigenvalue weighted by Crippen LogP contribution is 2.53. The number of ether oxygens (including phenoxy) is 12. The van der Waals surface area contributed by atoms with Crippen LogP contribution in [-0.4, -0.2) is 104 Å². The average molecular weight is 1000 g/mol. The zero-order chi connectivity index (χ0) is 48.8. The van der Waals surface area contributed by atoms with E-state index in [4.69, 9.17) is 56.8 Å². The van der Waals surface area contributed by atoms with Crippen molar-refractivity contribution in [2.75, 3.05) is 32.2 Å². The van der Waals surface area contributed by atoms with Crippen LogP contribution in [0, 0.1) is 0 Å². The quantitative estimate of drug-likeness (QED) is 0.0696. The van der Waals surface area contributed by atoms with E-state index in [-0.39, 0.29) is 19.8 Å². The molecular weight excluding hydrogens is 933 g/mol. The van der Waals surface area contributed by atoms with Crippen LogP contribution in [0.4, 0.5) is 0 Å². The van der Waals surface area contributed by atoms with Gasteiger partial charge in [0.2, 0.25) is 11.6 Å². The Balaban J connectivity index is 0.985. The molecule has 0 unspecified atom stereocenters. The van der Waals surface area contributed by atoms with Gasteiger partial charge in [0.05, 0.1) is 59.5 Å². The molecule has 5 saturated heterocycles. The average Bonchev–Trinajstić information content (AvgIpc) is 3.43. The molecule has 12 nitrogen and oxygen atoms in total. The Hall–Kier alpha value is -4.03. The molecule has 0 N–H and O–H groups in total. The summed E-state index contributed by atoms with van der Waals surface area (Å²) in [4.78, 5) is 0. The minimum Gasteiger partial charge on any atom is -0.374 e. The van der Waals surface area contributed by atoms with Gasteiger partial charge in [-0.05, 0) is 59.3 Å². The monoisotopic (exact) mass is 1000 g/mol. The smallest absolute Gasteiger partial charge is 0.224 e. The van der Waals surface area contributed by atoms with Crippen molar-refractivity contribution in [2.24, 2.45) is 0 Å². The molecule has 5 aliphatic rings. The van der Waals surface area contributed by atoms with E-state index in [1.807, 2.05) is 103 Å². The van der Waals surface area contributed by atoms with E-state index in [2.05, 4.69) is 55.5 Å². The van der Waals surface area contributed by atoms with Gasteiger partial charge in [-0.1, -0.05) is 159 Å². The molecule has 0 amide bonds. The lowest BCUT2D eigenvalue weighted by atomic mass is 9.86. The summed E-state index contributed by atoms with van der Waals surface area (Å²) >= 11 is 1.68. The fraction of sp³-hybridized carbons (Fsp3) is 0.492. The molecule has 72 heavy (non-hydrogen) atoms. The van der Waals surface area contributed by atoms with Crippen molar-refractivity contribution >= 4 is 11.8 Å². The first-order valence-electron chi connectivity index (χ1n) is 26.0. The van der Waals surface area contributed by atoms with E-state index in [1.165, 1.54) is 0 Å². The second-order valence-corrected chi connectivity index (χ2v) is 20.6. The SMILES string of the molecule is CCS[C@@H]1O[C@H](CO[C@H]2O[C@H](COCc3ccccc3)[C@H](OCc3ccccc3)[C@H](OCc3ccccc3)[C@H]2OCc2ccccc2)[C@H](OCc2ccccc2)[C@@H]2O[C@@]3(CCCCO3)[C@]3(CCCCO3)O[C@H]21. The Kier molecular flexibility index (Phi) is 18.2. The zero-order valence-electron chi connectivity index (χ0n) is 41.3. The molecular formula is C59H70O12S. The molecule has 5 aromatic rings. The van der Waals surface area contributed by atoms with E-state index >= 15 is 0 Å². The van der Waals surface area contributed by atoms with Gasteiger partial charge in [-0.25, -0.2) is 0 Å². The van der Waals surface area contributed by atoms with Crippen molar-refractivity contribution in [3.63, 3.8) is 0 Å². The molecule has 12 atom stereocenters. The fourth-order valence-electron chi connectivity index (χ4n) is 10.6. The van der Waals surface area contributed by atoms with Crippen LogP contribution in [0.1, 0.15) is 73.3 Å². The van der Waals surface area contributed by atoms with Crippen LogP contribution in [0.2, 0.25) is 0 Å². The Bertz CT molecular complexity index is 2320. The molecule has 5 heterocycles. The minimum absolute atomic E-state index is 0.0662. The van der Waals surface area contributed by atoms with Crippen LogP contribution in [0.25, 0.3) is 0 Å². The van der Waals surface area contributed by atoms with E-state index < -0.39 is 72.1 Å². The van der Waals surface area contributed by atoms with Crippen LogP contribution in [0.3, 0.4) is 0 Å². The summed E-state index contributed by atoms with van der Waals surface area (Å²) in [5.74, 6) is -1.37. The van der Waals surface area contributed by atoms with E-state index in [1.54, 1.807) is 11.8 Å². The summed E-state index contributed by atoms with van der Waals surface area (Å²) in [5.41, 5.74) is 4.68. The number of thioether (sulfide) groups is 1. The second-order valence-electron chi connectivity index (χ2n) is 19.2. The lowest BCUT2D eigenvalue weighted by Gasteiger charge is -2.61. The largest absolute Gasteiger partial charge is 0.374 e. The van der Waals surface area contributed by atoms with Crippen molar-refractivity contribution < 1.29 is 56.8 Å². The van der Waals surface area contributed by atoms with Gasteiger partial charge < -0.3 is 56.8 Å². The van der Waals surface area contributed by atoms with E-state index in [0.717, 1.165) is 59.3 Å². The van der Waals surface area contributed by atoms with Gasteiger partial charge in [0, 0.05) is 12.8 Å². The van der Waals surface area contributed by atoms with E-state index in [9.17, 15) is 0 Å². The number of benzene rings is 5. The number of fused-ring (bicyclic) bond motifs is 2. The van der Waals surface area contributed by atoms with Crippen LogP contribution >= 0.6 is 11.8 Å². The third-order valence-electron chi connectivity index (χ3n) is 14.2. The number of rotatable bonds is 21. The maximum Gasteiger partial charge on any atom is 0.224 e. The van der Waals surface area contributed by atoms with Gasteiger partial charge in [0.1, 0.15) is 54.3 Å². The lowest BCUT2D eigenvalue weighted by Crippen LogP contribution is -2.75. The van der Waals surface area contributed by atoms with E-state index in [0.29, 0.717) is 52.5 Å². The highest BCUT2D eigenvalue weighted by molar-refractivity contribution is 7.99. The first kappa shape index (κ1) is 51.5. The summed E-state index contributed by atoms with van der Waals surface area (Å²) < 4.78 is 84.1. The van der Waals surface area contributed by atoms with Gasteiger partial charge in [-0.15, -0.1) is 11.8 Å². The highest BCUT2D eigenvalue weighted by atomic mass is 32.2. The van der Waals surface area contributed by atoms with Gasteiger partial charge in [0.15, 0.2) is 6.29 Å². The molecule has 5 aromatic carbocycles. The van der Waals surface area contributed by atoms with Gasteiger partial charge in [-0.2, -0.15) is 0 Å². The van der Waals surface area contributed by atoms with Gasteiger partial charge in [0.25, 0.3) is 0 Å². The molecule has 13 heteroatoms. The molecule has 0 radical (unpaired) electrons. The zero-order valence-corrected chi connectivity index (χ0v) is 42.1. The standard InChI is InChI=1S/C59H70O12S/c1-2-72-57-55-53(70-58(32-18-20-34-66-58)59(71-55)33-19-21-35-67-59)51(62-38-45-26-12-5-13-27-45)49(69-57)42-65-56-54(64-40-47-30-16-7-17-31-47)52(63-39-46-28-14-6-15-29-46)50(61-37-44-24-10-4-11-25-44)48(68-56)41-60-36-43-22-8-3-9-23-43/h3-17,22-31,48-57H,2,18-21,32-42H2,1H3/t48-,49-,50+,51+,52+,53+,54-,55-,56+,57+,58+,59+/m1/s1. The molecule has 0 saturated carbocycles. The maximum absolute atomic E-state index is 7.43. The number of hydrogen-bond acceptors (Lipinski definition) is 13. The second kappa shape index (κ2) is 25.5. The summed E-state index contributed by atoms with van der Waals surface area (Å²) in [5, 5.41) is 0. The van der Waals surface area contributed by atoms with Gasteiger partial charge in [-0.3, -0.25) is 0 Å². The van der Waals surface area contributed by atoms with Crippen molar-refractivity contribution in [1.82, 2.24) is 0 Å². The highest BCUT2D eigenvalue weighted by Gasteiger charge is 2.67. The molecule has 5 aliphatic heterocycles. The summed E-state index contributed by atoms with van der Waals surface area (Å²) in [6.45, 7) is 5.13. The Labute approximate surface area is 429 Å². The summed E-state index contributed by atoms with van der Waals surface area (Å²) in [7, 11) is 0. The summed E-state index contributed by atoms with van der Waals surface area (Å²) in [6.07, 6.45) is -0.919. The Morgan fingerprint density at radius 1 is 0.444 bits per heavy atom. The van der Waals surface area contributed by atoms with Crippen molar-refractivity contribution in [2.45, 2.75) is 151 Å². The predicted octanol–water partition coefficient (Wildman–Crippen LogP) is 10.3. The molecule has 0 aromatic heterocycles. The molecule has 10 rings (SSSR count). The van der Waals surface area contributed by atoms with Crippen LogP contribution < -0.4 is 0 Å².